The van der Waals surface area contributed by atoms with Crippen LogP contribution in [0, 0.1) is 5.92 Å². The molecule has 1 fully saturated rings. The molecule has 0 saturated carbocycles. The van der Waals surface area contributed by atoms with Crippen molar-refractivity contribution < 1.29 is 86.0 Å². The molecule has 109 heavy (non-hydrogen) atoms. The summed E-state index contributed by atoms with van der Waals surface area (Å²) in [5, 5.41) is 19.4. The van der Waals surface area contributed by atoms with Crippen LogP contribution in [0.15, 0.2) is 103 Å². The number of halogens is 1. The van der Waals surface area contributed by atoms with E-state index in [0.29, 0.717) is 163 Å². The summed E-state index contributed by atoms with van der Waals surface area (Å²) >= 11 is 6.55. The van der Waals surface area contributed by atoms with Crippen molar-refractivity contribution >= 4 is 127 Å². The molecule has 4 aliphatic rings. The molecule has 0 unspecified atom stereocenters. The van der Waals surface area contributed by atoms with Gasteiger partial charge in [0, 0.05) is 154 Å². The van der Waals surface area contributed by atoms with Crippen molar-refractivity contribution in [2.75, 3.05) is 147 Å². The number of imide groups is 2. The number of fused-ring (bicyclic) bond motifs is 4. The molecule has 0 radical (unpaired) electrons. The molecular formula is C77H100ClN13O18. The van der Waals surface area contributed by atoms with E-state index < -0.39 is 47.8 Å². The third-order valence-corrected chi connectivity index (χ3v) is 18.1. The predicted molar refractivity (Wildman–Crippen MR) is 409 cm³/mol. The number of hydrogen-bond acceptors (Lipinski definition) is 20. The van der Waals surface area contributed by atoms with Gasteiger partial charge in [-0.25, -0.2) is 9.59 Å². The van der Waals surface area contributed by atoms with Crippen molar-refractivity contribution in [1.82, 2.24) is 45.9 Å². The summed E-state index contributed by atoms with van der Waals surface area (Å²) in [4.78, 5) is 168. The molecule has 12 amide bonds. The number of alkyl halides is 1. The van der Waals surface area contributed by atoms with E-state index in [1.165, 1.54) is 38.2 Å². The maximum absolute atomic E-state index is 14.4. The Morgan fingerprint density at radius 1 is 0.633 bits per heavy atom. The first-order valence-corrected chi connectivity index (χ1v) is 37.0. The van der Waals surface area contributed by atoms with Crippen LogP contribution >= 0.6 is 11.6 Å². The van der Waals surface area contributed by atoms with Gasteiger partial charge in [0.25, 0.3) is 35.4 Å². The van der Waals surface area contributed by atoms with Gasteiger partial charge < -0.3 is 85.8 Å². The van der Waals surface area contributed by atoms with Gasteiger partial charge in [0.1, 0.15) is 29.1 Å². The maximum Gasteiger partial charge on any atom is 0.415 e. The number of nitrogens with zero attached hydrogens (tertiary/aromatic N) is 5. The number of aromatic amines is 1. The highest BCUT2D eigenvalue weighted by atomic mass is 35.5. The Bertz CT molecular complexity index is 4050. The number of benzene rings is 4. The first-order valence-electron chi connectivity index (χ1n) is 36.5. The number of Topliss-reactive ketones (excluding diaryl/α,β-unsaturated/α-hetero) is 2. The average molecular weight is 1530 g/mol. The zero-order valence-corrected chi connectivity index (χ0v) is 63.3. The lowest BCUT2D eigenvalue weighted by Gasteiger charge is -2.31. The van der Waals surface area contributed by atoms with Crippen LogP contribution in [0.2, 0.25) is 0 Å². The highest BCUT2D eigenvalue weighted by Crippen LogP contribution is 2.46. The molecular weight excluding hydrogens is 1430 g/mol. The van der Waals surface area contributed by atoms with Crippen molar-refractivity contribution in [2.45, 2.75) is 97.6 Å². The predicted octanol–water partition coefficient (Wildman–Crippen LogP) is 5.94. The number of H-pyrrole nitrogens is 1. The van der Waals surface area contributed by atoms with E-state index >= 15 is 0 Å². The Morgan fingerprint density at radius 3 is 1.83 bits per heavy atom. The van der Waals surface area contributed by atoms with Crippen molar-refractivity contribution in [3.63, 3.8) is 0 Å². The standard InChI is InChI=1S/C49H59ClN10O7.C19H30N2O8.C9H11NO3/c1-5-18-52-43(29(2)3)46(63)57-38(11-8-19-53-48(51)65)45(62)54-33-14-12-30(13-15-33)44(61)55-34-16-17-37-31(24-34)25-39(56-37)47(64)60-28-32(27-50)42-36-10-7-6-9-35(36)41(26-40(42)60)67-49(66)59-22-20-58(4)21-23-59;1-16(22)5-8-26-10-12-28-14-15-29-13-11-27-9-6-20-17(23)4-7-21-18(24)2-3-19(21)25;1-7(11)3-2-6-10-8(12)4-5-9(10)13/h6-7,9-10,12-17,24-26,29,32,38,43,52,56H,5,8,11,18-23,27-28H2,1-4H3,(H,54,62)(H,55,61)(H,57,63)(H3,51,53,65);2-3H,4-15H2,1H3,(H,20,23);4-5H,2-3,6H2,1H3/t32-,38+,43+;;/m1../s1. The van der Waals surface area contributed by atoms with Crippen LogP contribution in [0.1, 0.15) is 112 Å². The lowest BCUT2D eigenvalue weighted by atomic mass is 9.95. The normalized spacial score (nSPS) is 15.1. The summed E-state index contributed by atoms with van der Waals surface area (Å²) in [5.74, 6) is -2.39. The first kappa shape index (κ1) is 86.0. The lowest BCUT2D eigenvalue weighted by molar-refractivity contribution is -0.138. The number of aromatic nitrogens is 1. The highest BCUT2D eigenvalue weighted by Gasteiger charge is 2.37. The van der Waals surface area contributed by atoms with E-state index in [2.05, 4.69) is 41.8 Å². The molecule has 4 aliphatic heterocycles. The molecule has 0 spiro atoms. The number of amides is 12. The second-order valence-corrected chi connectivity index (χ2v) is 26.9. The van der Waals surface area contributed by atoms with E-state index in [9.17, 15) is 62.3 Å². The quantitative estimate of drug-likeness (QED) is 0.0128. The summed E-state index contributed by atoms with van der Waals surface area (Å²) < 4.78 is 27.3. The number of nitrogens with two attached hydrogens (primary N) is 1. The Labute approximate surface area is 637 Å². The molecule has 0 aliphatic carbocycles. The number of ether oxygens (including phenoxy) is 5. The van der Waals surface area contributed by atoms with Gasteiger partial charge in [0.15, 0.2) is 0 Å². The Balaban J connectivity index is 0.000000321. The highest BCUT2D eigenvalue weighted by molar-refractivity contribution is 6.20. The van der Waals surface area contributed by atoms with Crippen LogP contribution in [0.25, 0.3) is 21.7 Å². The van der Waals surface area contributed by atoms with E-state index in [1.54, 1.807) is 64.4 Å². The van der Waals surface area contributed by atoms with E-state index in [1.807, 2.05) is 52.1 Å². The average Bonchev–Trinajstić information content (AvgIpc) is 1.62. The molecule has 5 heterocycles. The van der Waals surface area contributed by atoms with Crippen LogP contribution in [0.4, 0.5) is 26.7 Å². The second kappa shape index (κ2) is 44.3. The topological polar surface area (TPSA) is 398 Å². The number of nitrogens with one attached hydrogen (secondary N) is 7. The SMILES string of the molecule is CC(=O)CCCN1C(=O)C=CC1=O.CC(=O)CCOCCOCCOCCOCCNC(=O)CCN1C(=O)C=CC1=O.CCCN[C@H](C(=O)N[C@@H](CCCNC(N)=O)C(=O)Nc1ccc(C(=O)Nc2ccc3[nH]c(C(=O)N4C[C@@H](CCl)c5c4cc(OC(=O)N4CCN(C)CC4)c4ccccc54)cc3c2)cc1)C(C)C. The molecule has 9 rings (SSSR count). The number of hydrogen-bond donors (Lipinski definition) is 8. The molecule has 5 aromatic rings. The first-order chi connectivity index (χ1) is 52.3. The largest absolute Gasteiger partial charge is 0.415 e. The van der Waals surface area contributed by atoms with E-state index in [-0.39, 0.29) is 84.7 Å². The van der Waals surface area contributed by atoms with Crippen molar-refractivity contribution in [2.24, 2.45) is 11.7 Å². The molecule has 588 valence electrons. The number of anilines is 3. The number of piperazine rings is 1. The van der Waals surface area contributed by atoms with Gasteiger partial charge in [-0.2, -0.15) is 0 Å². The summed E-state index contributed by atoms with van der Waals surface area (Å²) in [6.07, 6.45) is 7.35. The van der Waals surface area contributed by atoms with Crippen molar-refractivity contribution in [3.8, 4) is 5.75 Å². The number of primary amides is 1. The fourth-order valence-corrected chi connectivity index (χ4v) is 12.1. The molecule has 3 atom stereocenters. The monoisotopic (exact) mass is 1530 g/mol. The van der Waals surface area contributed by atoms with Gasteiger partial charge >= 0.3 is 12.1 Å². The van der Waals surface area contributed by atoms with Crippen LogP contribution in [-0.4, -0.2) is 245 Å². The molecule has 1 aromatic heterocycles. The summed E-state index contributed by atoms with van der Waals surface area (Å²) in [5.41, 5.74) is 9.01. The van der Waals surface area contributed by atoms with Gasteiger partial charge in [0.2, 0.25) is 17.7 Å². The Morgan fingerprint density at radius 2 is 1.23 bits per heavy atom. The zero-order valence-electron chi connectivity index (χ0n) is 62.5. The molecule has 0 bridgehead atoms. The fourth-order valence-electron chi connectivity index (χ4n) is 11.9. The van der Waals surface area contributed by atoms with Gasteiger partial charge in [-0.05, 0) is 119 Å². The van der Waals surface area contributed by atoms with Gasteiger partial charge in [-0.1, -0.05) is 45.0 Å². The molecule has 4 aromatic carbocycles. The third kappa shape index (κ3) is 27.1. The number of ketones is 2. The molecule has 1 saturated heterocycles. The maximum atomic E-state index is 14.4. The van der Waals surface area contributed by atoms with Crippen molar-refractivity contribution in [1.29, 1.82) is 0 Å². The Kier molecular flexibility index (Phi) is 34.9. The van der Waals surface area contributed by atoms with Crippen LogP contribution < -0.4 is 47.3 Å². The van der Waals surface area contributed by atoms with Gasteiger partial charge in [0.05, 0.1) is 64.6 Å². The summed E-state index contributed by atoms with van der Waals surface area (Å²) in [6, 6.07) is 20.8. The summed E-state index contributed by atoms with van der Waals surface area (Å²) in [6.45, 7) is 16.8. The van der Waals surface area contributed by atoms with E-state index in [4.69, 9.17) is 41.0 Å². The van der Waals surface area contributed by atoms with Gasteiger partial charge in [-0.15, -0.1) is 11.6 Å². The summed E-state index contributed by atoms with van der Waals surface area (Å²) in [7, 11) is 2.02. The second-order valence-electron chi connectivity index (χ2n) is 26.6. The lowest BCUT2D eigenvalue weighted by Crippen LogP contribution is -2.53. The zero-order chi connectivity index (χ0) is 78.9. The molecule has 31 nitrogen and oxygen atoms in total. The van der Waals surface area contributed by atoms with Crippen LogP contribution in [0.3, 0.4) is 0 Å². The molecule has 9 N–H and O–H groups in total. The van der Waals surface area contributed by atoms with Crippen LogP contribution in [0.5, 0.6) is 5.75 Å². The third-order valence-electron chi connectivity index (χ3n) is 17.8. The number of urea groups is 1. The van der Waals surface area contributed by atoms with Crippen LogP contribution in [-0.2, 0) is 62.1 Å². The number of carbonyl (C=O) groups is 13. The number of rotatable bonds is 39. The smallest absolute Gasteiger partial charge is 0.409 e. The minimum absolute atomic E-state index is 0.0227. The number of carbonyl (C=O) groups excluding carboxylic acids is 13. The minimum atomic E-state index is -0.903. The molecule has 32 heteroatoms. The van der Waals surface area contributed by atoms with Gasteiger partial charge in [-0.3, -0.25) is 57.7 Å². The minimum Gasteiger partial charge on any atom is -0.409 e. The van der Waals surface area contributed by atoms with E-state index in [0.717, 1.165) is 45.6 Å². The fraction of sp³-hybridized carbons (Fsp3) is 0.468. The van der Waals surface area contributed by atoms with Crippen molar-refractivity contribution in [3.05, 3.63) is 120 Å². The number of likely N-dealkylation sites (N-methyl/N-ethyl adjacent to an activating group) is 1. The Hall–Kier alpha value is -10.3.